The van der Waals surface area contributed by atoms with Gasteiger partial charge in [0.2, 0.25) is 5.91 Å². The number of rotatable bonds is 4. The highest BCUT2D eigenvalue weighted by Gasteiger charge is 2.37. The van der Waals surface area contributed by atoms with Crippen molar-refractivity contribution in [1.82, 2.24) is 9.80 Å². The van der Waals surface area contributed by atoms with Gasteiger partial charge < -0.3 is 10.6 Å². The fourth-order valence-corrected chi connectivity index (χ4v) is 3.28. The summed E-state index contributed by atoms with van der Waals surface area (Å²) in [5.74, 6) is 1.40. The van der Waals surface area contributed by atoms with E-state index in [1.54, 1.807) is 4.90 Å². The fraction of sp³-hybridized carbons (Fsp3) is 0.938. The first-order valence-corrected chi connectivity index (χ1v) is 7.77. The zero-order chi connectivity index (χ0) is 15.5. The highest BCUT2D eigenvalue weighted by molar-refractivity contribution is 5.77. The average Bonchev–Trinajstić information content (AvgIpc) is 2.36. The van der Waals surface area contributed by atoms with Crippen LogP contribution < -0.4 is 5.73 Å². The summed E-state index contributed by atoms with van der Waals surface area (Å²) in [4.78, 5) is 15.8. The molecule has 0 aromatic rings. The van der Waals surface area contributed by atoms with E-state index < -0.39 is 0 Å². The van der Waals surface area contributed by atoms with Gasteiger partial charge in [-0.1, -0.05) is 20.8 Å². The Morgan fingerprint density at radius 2 is 1.80 bits per heavy atom. The molecule has 3 unspecified atom stereocenters. The third-order valence-corrected chi connectivity index (χ3v) is 4.93. The van der Waals surface area contributed by atoms with Gasteiger partial charge in [0.05, 0.1) is 6.54 Å². The van der Waals surface area contributed by atoms with Gasteiger partial charge in [0.1, 0.15) is 0 Å². The molecule has 0 bridgehead atoms. The number of nitrogens with zero attached hydrogens (tertiary/aromatic N) is 2. The quantitative estimate of drug-likeness (QED) is 0.856. The van der Waals surface area contributed by atoms with Crippen molar-refractivity contribution in [2.24, 2.45) is 23.0 Å². The Morgan fingerprint density at radius 1 is 1.20 bits per heavy atom. The summed E-state index contributed by atoms with van der Waals surface area (Å²) >= 11 is 0. The number of hydrogen-bond acceptors (Lipinski definition) is 3. The first-order valence-electron chi connectivity index (χ1n) is 7.77. The van der Waals surface area contributed by atoms with E-state index in [-0.39, 0.29) is 5.91 Å². The summed E-state index contributed by atoms with van der Waals surface area (Å²) in [6.45, 7) is 8.18. The molecule has 1 fully saturated rings. The molecule has 1 rings (SSSR count). The Balaban J connectivity index is 2.73. The minimum atomic E-state index is 0.168. The van der Waals surface area contributed by atoms with Gasteiger partial charge in [-0.15, -0.1) is 0 Å². The van der Waals surface area contributed by atoms with Gasteiger partial charge >= 0.3 is 0 Å². The zero-order valence-electron chi connectivity index (χ0n) is 14.1. The first-order chi connectivity index (χ1) is 9.16. The molecule has 0 aromatic carbocycles. The van der Waals surface area contributed by atoms with Gasteiger partial charge in [0.25, 0.3) is 0 Å². The molecule has 0 aromatic heterocycles. The maximum Gasteiger partial charge on any atom is 0.236 e. The minimum Gasteiger partial charge on any atom is -0.348 e. The van der Waals surface area contributed by atoms with E-state index in [4.69, 9.17) is 5.73 Å². The predicted octanol–water partition coefficient (Wildman–Crippen LogP) is 1.80. The van der Waals surface area contributed by atoms with Crippen molar-refractivity contribution >= 4 is 5.91 Å². The molecule has 1 aliphatic rings. The molecule has 4 nitrogen and oxygen atoms in total. The standard InChI is InChI=1S/C16H33N3O/c1-16(2,3)13-8-7-12(10-17)14(9-13)19(6)11-15(20)18(4)5/h12-14H,7-11,17H2,1-6H3. The second-order valence-corrected chi connectivity index (χ2v) is 7.64. The van der Waals surface area contributed by atoms with Crippen LogP contribution in [-0.4, -0.2) is 56.0 Å². The van der Waals surface area contributed by atoms with Crippen molar-refractivity contribution in [3.05, 3.63) is 0 Å². The summed E-state index contributed by atoms with van der Waals surface area (Å²) < 4.78 is 0. The van der Waals surface area contributed by atoms with Gasteiger partial charge in [-0.25, -0.2) is 0 Å². The molecule has 1 amide bonds. The van der Waals surface area contributed by atoms with Gasteiger partial charge in [0, 0.05) is 20.1 Å². The van der Waals surface area contributed by atoms with Crippen LogP contribution in [0.15, 0.2) is 0 Å². The second-order valence-electron chi connectivity index (χ2n) is 7.64. The van der Waals surface area contributed by atoms with Crippen LogP contribution in [-0.2, 0) is 4.79 Å². The van der Waals surface area contributed by atoms with E-state index in [0.29, 0.717) is 29.8 Å². The van der Waals surface area contributed by atoms with Gasteiger partial charge in [-0.3, -0.25) is 9.69 Å². The fourth-order valence-electron chi connectivity index (χ4n) is 3.28. The van der Waals surface area contributed by atoms with Crippen LogP contribution in [0.25, 0.3) is 0 Å². The molecule has 0 heterocycles. The SMILES string of the molecule is CN(C)C(=O)CN(C)C1CC(C(C)(C)C)CCC1CN. The number of carbonyl (C=O) groups is 1. The van der Waals surface area contributed by atoms with E-state index in [2.05, 4.69) is 32.7 Å². The van der Waals surface area contributed by atoms with Crippen LogP contribution in [0, 0.1) is 17.3 Å². The molecule has 1 saturated carbocycles. The lowest BCUT2D eigenvalue weighted by molar-refractivity contribution is -0.130. The molecule has 1 aliphatic carbocycles. The van der Waals surface area contributed by atoms with Crippen molar-refractivity contribution < 1.29 is 4.79 Å². The summed E-state index contributed by atoms with van der Waals surface area (Å²) in [7, 11) is 5.70. The lowest BCUT2D eigenvalue weighted by Gasteiger charge is -2.45. The monoisotopic (exact) mass is 283 g/mol. The highest BCUT2D eigenvalue weighted by atomic mass is 16.2. The topological polar surface area (TPSA) is 49.6 Å². The van der Waals surface area contributed by atoms with Crippen molar-refractivity contribution in [3.8, 4) is 0 Å². The molecule has 4 heteroatoms. The Labute approximate surface area is 124 Å². The molecular weight excluding hydrogens is 250 g/mol. The van der Waals surface area contributed by atoms with Crippen LogP contribution in [0.1, 0.15) is 40.0 Å². The molecule has 0 saturated heterocycles. The normalized spacial score (nSPS) is 27.7. The minimum absolute atomic E-state index is 0.168. The molecule has 0 aliphatic heterocycles. The lowest BCUT2D eigenvalue weighted by Crippen LogP contribution is -2.49. The lowest BCUT2D eigenvalue weighted by atomic mass is 9.67. The maximum absolute atomic E-state index is 11.9. The molecule has 118 valence electrons. The van der Waals surface area contributed by atoms with Crippen molar-refractivity contribution in [1.29, 1.82) is 0 Å². The Kier molecular flexibility index (Phi) is 6.02. The van der Waals surface area contributed by atoms with Gasteiger partial charge in [-0.05, 0) is 50.1 Å². The number of amides is 1. The maximum atomic E-state index is 11.9. The number of nitrogens with two attached hydrogens (primary N) is 1. The van der Waals surface area contributed by atoms with Gasteiger partial charge in [-0.2, -0.15) is 0 Å². The summed E-state index contributed by atoms with van der Waals surface area (Å²) in [6, 6.07) is 0.432. The van der Waals surface area contributed by atoms with Crippen LogP contribution >= 0.6 is 0 Å². The van der Waals surface area contributed by atoms with Crippen molar-refractivity contribution in [2.75, 3.05) is 34.2 Å². The average molecular weight is 283 g/mol. The Bertz CT molecular complexity index is 322. The van der Waals surface area contributed by atoms with Crippen molar-refractivity contribution in [2.45, 2.75) is 46.1 Å². The summed E-state index contributed by atoms with van der Waals surface area (Å²) in [5.41, 5.74) is 6.29. The molecular formula is C16H33N3O. The molecule has 0 radical (unpaired) electrons. The predicted molar refractivity (Wildman–Crippen MR) is 84.5 cm³/mol. The highest BCUT2D eigenvalue weighted by Crippen LogP contribution is 2.41. The summed E-state index contributed by atoms with van der Waals surface area (Å²) in [6.07, 6.45) is 3.60. The smallest absolute Gasteiger partial charge is 0.236 e. The molecule has 3 atom stereocenters. The second kappa shape index (κ2) is 6.90. The third-order valence-electron chi connectivity index (χ3n) is 4.93. The van der Waals surface area contributed by atoms with Crippen molar-refractivity contribution in [3.63, 3.8) is 0 Å². The third kappa shape index (κ3) is 4.45. The Hall–Kier alpha value is -0.610. The zero-order valence-corrected chi connectivity index (χ0v) is 14.1. The van der Waals surface area contributed by atoms with E-state index >= 15 is 0 Å². The van der Waals surface area contributed by atoms with Crippen LogP contribution in [0.2, 0.25) is 0 Å². The molecule has 0 spiro atoms. The summed E-state index contributed by atoms with van der Waals surface area (Å²) in [5, 5.41) is 0. The largest absolute Gasteiger partial charge is 0.348 e. The Morgan fingerprint density at radius 3 is 2.25 bits per heavy atom. The molecule has 2 N–H and O–H groups in total. The van der Waals surface area contributed by atoms with Crippen LogP contribution in [0.5, 0.6) is 0 Å². The van der Waals surface area contributed by atoms with Gasteiger partial charge in [0.15, 0.2) is 0 Å². The van der Waals surface area contributed by atoms with E-state index in [1.165, 1.54) is 12.8 Å². The first kappa shape index (κ1) is 17.4. The number of carbonyl (C=O) groups excluding carboxylic acids is 1. The number of hydrogen-bond donors (Lipinski definition) is 1. The van der Waals surface area contributed by atoms with Crippen LogP contribution in [0.3, 0.4) is 0 Å². The van der Waals surface area contributed by atoms with E-state index in [0.717, 1.165) is 13.0 Å². The molecule has 20 heavy (non-hydrogen) atoms. The van der Waals surface area contributed by atoms with Crippen LogP contribution in [0.4, 0.5) is 0 Å². The van der Waals surface area contributed by atoms with E-state index in [9.17, 15) is 4.79 Å². The number of likely N-dealkylation sites (N-methyl/N-ethyl adjacent to an activating group) is 2. The van der Waals surface area contributed by atoms with E-state index in [1.807, 2.05) is 14.1 Å².